The number of para-hydroxylation sites is 1. The Morgan fingerprint density at radius 1 is 1.21 bits per heavy atom. The van der Waals surface area contributed by atoms with Crippen LogP contribution in [0, 0.1) is 0 Å². The summed E-state index contributed by atoms with van der Waals surface area (Å²) >= 11 is 5.15. The SMILES string of the molecule is CCC(=O)NC(=S)Nc1ccccc1C(=O)N(C)C1CCCCC1. The Morgan fingerprint density at radius 2 is 1.88 bits per heavy atom. The van der Waals surface area contributed by atoms with Gasteiger partial charge in [0.1, 0.15) is 0 Å². The summed E-state index contributed by atoms with van der Waals surface area (Å²) in [6.45, 7) is 1.76. The molecule has 0 atom stereocenters. The molecule has 1 saturated carbocycles. The highest BCUT2D eigenvalue weighted by Gasteiger charge is 2.24. The number of thiocarbonyl (C=S) groups is 1. The van der Waals surface area contributed by atoms with Crippen molar-refractivity contribution in [1.82, 2.24) is 10.2 Å². The molecule has 1 aromatic carbocycles. The van der Waals surface area contributed by atoms with Gasteiger partial charge in [0.15, 0.2) is 5.11 Å². The van der Waals surface area contributed by atoms with Gasteiger partial charge in [-0.25, -0.2) is 0 Å². The van der Waals surface area contributed by atoms with Crippen LogP contribution in [0.25, 0.3) is 0 Å². The van der Waals surface area contributed by atoms with E-state index in [-0.39, 0.29) is 16.9 Å². The van der Waals surface area contributed by atoms with Gasteiger partial charge in [0, 0.05) is 19.5 Å². The molecule has 2 amide bonds. The molecule has 2 N–H and O–H groups in total. The second-order valence-electron chi connectivity index (χ2n) is 6.11. The second-order valence-corrected chi connectivity index (χ2v) is 6.52. The first kappa shape index (κ1) is 18.4. The van der Waals surface area contributed by atoms with Crippen molar-refractivity contribution in [1.29, 1.82) is 0 Å². The Kier molecular flexibility index (Phi) is 6.73. The van der Waals surface area contributed by atoms with Crippen molar-refractivity contribution in [2.24, 2.45) is 0 Å². The molecule has 0 heterocycles. The van der Waals surface area contributed by atoms with Crippen LogP contribution in [0.4, 0.5) is 5.69 Å². The number of amides is 2. The topological polar surface area (TPSA) is 61.4 Å². The van der Waals surface area contributed by atoms with E-state index in [1.807, 2.05) is 24.1 Å². The molecule has 1 aromatic rings. The molecule has 0 unspecified atom stereocenters. The van der Waals surface area contributed by atoms with Gasteiger partial charge >= 0.3 is 0 Å². The average molecular weight is 347 g/mol. The first-order valence-electron chi connectivity index (χ1n) is 8.50. The number of carbonyl (C=O) groups is 2. The van der Waals surface area contributed by atoms with E-state index in [4.69, 9.17) is 12.2 Å². The smallest absolute Gasteiger partial charge is 0.255 e. The van der Waals surface area contributed by atoms with E-state index < -0.39 is 0 Å². The number of anilines is 1. The van der Waals surface area contributed by atoms with Crippen LogP contribution in [0.15, 0.2) is 24.3 Å². The van der Waals surface area contributed by atoms with Crippen molar-refractivity contribution < 1.29 is 9.59 Å². The van der Waals surface area contributed by atoms with E-state index in [1.165, 1.54) is 19.3 Å². The Balaban J connectivity index is 2.10. The van der Waals surface area contributed by atoms with Gasteiger partial charge in [0.25, 0.3) is 5.91 Å². The van der Waals surface area contributed by atoms with E-state index in [0.29, 0.717) is 23.7 Å². The molecule has 1 aliphatic carbocycles. The van der Waals surface area contributed by atoms with Crippen LogP contribution in [-0.2, 0) is 4.79 Å². The van der Waals surface area contributed by atoms with Gasteiger partial charge in [-0.3, -0.25) is 9.59 Å². The van der Waals surface area contributed by atoms with Gasteiger partial charge in [-0.1, -0.05) is 38.3 Å². The first-order chi connectivity index (χ1) is 11.5. The number of benzene rings is 1. The standard InChI is InChI=1S/C18H25N3O2S/c1-3-16(22)20-18(24)19-15-12-8-7-11-14(15)17(23)21(2)13-9-5-4-6-10-13/h7-8,11-13H,3-6,9-10H2,1-2H3,(H2,19,20,22,24). The minimum absolute atomic E-state index is 0.0189. The lowest BCUT2D eigenvalue weighted by Gasteiger charge is -2.31. The summed E-state index contributed by atoms with van der Waals surface area (Å²) in [5, 5.41) is 5.77. The Bertz CT molecular complexity index is 612. The number of hydrogen-bond donors (Lipinski definition) is 2. The largest absolute Gasteiger partial charge is 0.339 e. The third-order valence-corrected chi connectivity index (χ3v) is 4.63. The summed E-state index contributed by atoms with van der Waals surface area (Å²) in [4.78, 5) is 26.2. The predicted molar refractivity (Wildman–Crippen MR) is 100 cm³/mol. The van der Waals surface area contributed by atoms with Crippen LogP contribution in [0.2, 0.25) is 0 Å². The minimum atomic E-state index is -0.157. The summed E-state index contributed by atoms with van der Waals surface area (Å²) in [6.07, 6.45) is 6.07. The van der Waals surface area contributed by atoms with E-state index in [0.717, 1.165) is 12.8 Å². The molecule has 2 rings (SSSR count). The number of nitrogens with zero attached hydrogens (tertiary/aromatic N) is 1. The van der Waals surface area contributed by atoms with Gasteiger partial charge in [-0.15, -0.1) is 0 Å². The highest BCUT2D eigenvalue weighted by molar-refractivity contribution is 7.80. The molecule has 130 valence electrons. The Hall–Kier alpha value is -1.95. The molecule has 0 bridgehead atoms. The number of nitrogens with one attached hydrogen (secondary N) is 2. The summed E-state index contributed by atoms with van der Waals surface area (Å²) in [7, 11) is 1.87. The molecule has 1 aliphatic rings. The maximum Gasteiger partial charge on any atom is 0.255 e. The quantitative estimate of drug-likeness (QED) is 0.820. The average Bonchev–Trinajstić information content (AvgIpc) is 2.61. The number of hydrogen-bond acceptors (Lipinski definition) is 3. The van der Waals surface area contributed by atoms with Crippen molar-refractivity contribution in [3.8, 4) is 0 Å². The van der Waals surface area contributed by atoms with Gasteiger partial charge in [-0.05, 0) is 37.2 Å². The maximum absolute atomic E-state index is 12.9. The van der Waals surface area contributed by atoms with Crippen molar-refractivity contribution in [2.45, 2.75) is 51.5 Å². The normalized spacial score (nSPS) is 14.8. The Labute approximate surface area is 148 Å². The fraction of sp³-hybridized carbons (Fsp3) is 0.500. The van der Waals surface area contributed by atoms with Gasteiger partial charge < -0.3 is 15.5 Å². The highest BCUT2D eigenvalue weighted by atomic mass is 32.1. The molecular weight excluding hydrogens is 322 g/mol. The first-order valence-corrected chi connectivity index (χ1v) is 8.90. The van der Waals surface area contributed by atoms with E-state index in [9.17, 15) is 9.59 Å². The van der Waals surface area contributed by atoms with E-state index >= 15 is 0 Å². The van der Waals surface area contributed by atoms with E-state index in [2.05, 4.69) is 10.6 Å². The fourth-order valence-electron chi connectivity index (χ4n) is 2.97. The number of carbonyl (C=O) groups excluding carboxylic acids is 2. The maximum atomic E-state index is 12.9. The summed E-state index contributed by atoms with van der Waals surface area (Å²) in [5.41, 5.74) is 1.19. The van der Waals surface area contributed by atoms with Gasteiger partial charge in [-0.2, -0.15) is 0 Å². The number of rotatable bonds is 4. The van der Waals surface area contributed by atoms with Crippen LogP contribution < -0.4 is 10.6 Å². The molecule has 24 heavy (non-hydrogen) atoms. The van der Waals surface area contributed by atoms with Crippen LogP contribution in [0.5, 0.6) is 0 Å². The second kappa shape index (κ2) is 8.78. The van der Waals surface area contributed by atoms with Gasteiger partial charge in [0.2, 0.25) is 5.91 Å². The zero-order valence-electron chi connectivity index (χ0n) is 14.3. The Morgan fingerprint density at radius 3 is 2.54 bits per heavy atom. The molecule has 6 heteroatoms. The highest BCUT2D eigenvalue weighted by Crippen LogP contribution is 2.24. The molecule has 0 aromatic heterocycles. The lowest BCUT2D eigenvalue weighted by Crippen LogP contribution is -2.39. The van der Waals surface area contributed by atoms with Crippen molar-refractivity contribution in [3.05, 3.63) is 29.8 Å². The molecule has 5 nitrogen and oxygen atoms in total. The van der Waals surface area contributed by atoms with Crippen LogP contribution in [0.3, 0.4) is 0 Å². The van der Waals surface area contributed by atoms with E-state index in [1.54, 1.807) is 19.1 Å². The molecular formula is C18H25N3O2S. The van der Waals surface area contributed by atoms with Crippen LogP contribution in [0.1, 0.15) is 55.8 Å². The van der Waals surface area contributed by atoms with Crippen LogP contribution >= 0.6 is 12.2 Å². The molecule has 0 spiro atoms. The van der Waals surface area contributed by atoms with Gasteiger partial charge in [0.05, 0.1) is 11.3 Å². The van der Waals surface area contributed by atoms with Crippen molar-refractivity contribution in [2.75, 3.05) is 12.4 Å². The molecule has 0 saturated heterocycles. The predicted octanol–water partition coefficient (Wildman–Crippen LogP) is 3.31. The minimum Gasteiger partial charge on any atom is -0.339 e. The zero-order valence-corrected chi connectivity index (χ0v) is 15.1. The third kappa shape index (κ3) is 4.77. The lowest BCUT2D eigenvalue weighted by molar-refractivity contribution is -0.119. The lowest BCUT2D eigenvalue weighted by atomic mass is 9.94. The zero-order chi connectivity index (χ0) is 17.5. The van der Waals surface area contributed by atoms with Crippen molar-refractivity contribution in [3.63, 3.8) is 0 Å². The van der Waals surface area contributed by atoms with Crippen LogP contribution in [-0.4, -0.2) is 34.9 Å². The fourth-order valence-corrected chi connectivity index (χ4v) is 3.20. The summed E-state index contributed by atoms with van der Waals surface area (Å²) < 4.78 is 0. The molecule has 1 fully saturated rings. The summed E-state index contributed by atoms with van der Waals surface area (Å²) in [6, 6.07) is 7.55. The third-order valence-electron chi connectivity index (χ3n) is 4.42. The summed E-state index contributed by atoms with van der Waals surface area (Å²) in [5.74, 6) is -0.176. The molecule has 0 aliphatic heterocycles. The molecule has 0 radical (unpaired) electrons. The van der Waals surface area contributed by atoms with Crippen molar-refractivity contribution >= 4 is 34.8 Å². The monoisotopic (exact) mass is 347 g/mol.